The normalized spacial score (nSPS) is 16.9. The van der Waals surface area contributed by atoms with Gasteiger partial charge in [-0.2, -0.15) is 13.2 Å². The molecule has 2 heterocycles. The molecule has 0 N–H and O–H groups in total. The predicted molar refractivity (Wildman–Crippen MR) is 62.2 cm³/mol. The molecule has 0 spiro atoms. The Bertz CT molecular complexity index is 427. The van der Waals surface area contributed by atoms with Gasteiger partial charge in [0.05, 0.1) is 5.56 Å². The summed E-state index contributed by atoms with van der Waals surface area (Å²) in [5.74, 6) is 0.373. The Morgan fingerprint density at radius 2 is 1.72 bits per heavy atom. The van der Waals surface area contributed by atoms with Crippen LogP contribution in [0.3, 0.4) is 0 Å². The van der Waals surface area contributed by atoms with Gasteiger partial charge < -0.3 is 4.90 Å². The van der Waals surface area contributed by atoms with E-state index in [-0.39, 0.29) is 0 Å². The van der Waals surface area contributed by atoms with Crippen LogP contribution < -0.4 is 4.90 Å². The Kier molecular flexibility index (Phi) is 3.54. The molecule has 2 rings (SSSR count). The number of hydrogen-bond donors (Lipinski definition) is 0. The van der Waals surface area contributed by atoms with E-state index in [1.807, 2.05) is 11.8 Å². The van der Waals surface area contributed by atoms with Crippen LogP contribution in [0.15, 0.2) is 24.0 Å². The summed E-state index contributed by atoms with van der Waals surface area (Å²) in [5, 5.41) is 0. The SMILES string of the molecule is CC=C1CCN(c2ncc(C(F)(F)F)cn2)CC1. The van der Waals surface area contributed by atoms with E-state index in [9.17, 15) is 13.2 Å². The summed E-state index contributed by atoms with van der Waals surface area (Å²) in [4.78, 5) is 9.50. The van der Waals surface area contributed by atoms with E-state index in [0.29, 0.717) is 5.95 Å². The number of alkyl halides is 3. The molecule has 0 atom stereocenters. The molecular formula is C12H14F3N3. The van der Waals surface area contributed by atoms with Crippen molar-refractivity contribution in [1.82, 2.24) is 9.97 Å². The summed E-state index contributed by atoms with van der Waals surface area (Å²) in [6.07, 6.45) is 1.23. The number of piperidine rings is 1. The Hall–Kier alpha value is -1.59. The van der Waals surface area contributed by atoms with Gasteiger partial charge in [0.1, 0.15) is 0 Å². The highest BCUT2D eigenvalue weighted by atomic mass is 19.4. The first kappa shape index (κ1) is 12.9. The van der Waals surface area contributed by atoms with Gasteiger partial charge in [-0.25, -0.2) is 9.97 Å². The summed E-state index contributed by atoms with van der Waals surface area (Å²) >= 11 is 0. The Morgan fingerprint density at radius 1 is 1.17 bits per heavy atom. The van der Waals surface area contributed by atoms with Gasteiger partial charge in [0.25, 0.3) is 0 Å². The fourth-order valence-electron chi connectivity index (χ4n) is 1.91. The van der Waals surface area contributed by atoms with Gasteiger partial charge in [-0.3, -0.25) is 0 Å². The van der Waals surface area contributed by atoms with Crippen molar-refractivity contribution in [3.63, 3.8) is 0 Å². The molecule has 3 nitrogen and oxygen atoms in total. The van der Waals surface area contributed by atoms with Gasteiger partial charge in [-0.1, -0.05) is 11.6 Å². The minimum Gasteiger partial charge on any atom is -0.340 e. The third kappa shape index (κ3) is 2.80. The molecule has 1 saturated heterocycles. The van der Waals surface area contributed by atoms with Crippen molar-refractivity contribution in [3.05, 3.63) is 29.6 Å². The van der Waals surface area contributed by atoms with Gasteiger partial charge in [-0.05, 0) is 19.8 Å². The first-order valence-corrected chi connectivity index (χ1v) is 5.79. The monoisotopic (exact) mass is 257 g/mol. The van der Waals surface area contributed by atoms with Crippen LogP contribution in [0.1, 0.15) is 25.3 Å². The van der Waals surface area contributed by atoms with Crippen molar-refractivity contribution in [2.45, 2.75) is 25.9 Å². The summed E-state index contributed by atoms with van der Waals surface area (Å²) in [6.45, 7) is 3.51. The van der Waals surface area contributed by atoms with Gasteiger partial charge >= 0.3 is 6.18 Å². The van der Waals surface area contributed by atoms with E-state index in [1.165, 1.54) is 5.57 Å². The predicted octanol–water partition coefficient (Wildman–Crippen LogP) is 3.04. The Labute approximate surface area is 103 Å². The third-order valence-corrected chi connectivity index (χ3v) is 3.06. The zero-order chi connectivity index (χ0) is 13.2. The van der Waals surface area contributed by atoms with Gasteiger partial charge in [-0.15, -0.1) is 0 Å². The minimum absolute atomic E-state index is 0.373. The molecule has 0 aliphatic carbocycles. The minimum atomic E-state index is -4.38. The van der Waals surface area contributed by atoms with E-state index in [4.69, 9.17) is 0 Å². The highest BCUT2D eigenvalue weighted by molar-refractivity contribution is 5.33. The smallest absolute Gasteiger partial charge is 0.340 e. The second-order valence-electron chi connectivity index (χ2n) is 4.20. The van der Waals surface area contributed by atoms with Crippen molar-refractivity contribution < 1.29 is 13.2 Å². The number of nitrogens with zero attached hydrogens (tertiary/aromatic N) is 3. The number of anilines is 1. The molecule has 0 unspecified atom stereocenters. The van der Waals surface area contributed by atoms with Crippen LogP contribution in [-0.4, -0.2) is 23.1 Å². The van der Waals surface area contributed by atoms with Crippen LogP contribution in [0.4, 0.5) is 19.1 Å². The molecular weight excluding hydrogens is 243 g/mol. The van der Waals surface area contributed by atoms with Crippen LogP contribution >= 0.6 is 0 Å². The summed E-state index contributed by atoms with van der Waals surface area (Å²) in [6, 6.07) is 0. The molecule has 1 aromatic heterocycles. The molecule has 0 bridgehead atoms. The fourth-order valence-corrected chi connectivity index (χ4v) is 1.91. The summed E-state index contributed by atoms with van der Waals surface area (Å²) in [5.41, 5.74) is 0.565. The van der Waals surface area contributed by atoms with Crippen molar-refractivity contribution in [2.24, 2.45) is 0 Å². The maximum atomic E-state index is 12.4. The molecule has 6 heteroatoms. The first-order chi connectivity index (χ1) is 8.50. The average Bonchev–Trinajstić information content (AvgIpc) is 2.38. The molecule has 18 heavy (non-hydrogen) atoms. The second kappa shape index (κ2) is 4.96. The van der Waals surface area contributed by atoms with E-state index < -0.39 is 11.7 Å². The van der Waals surface area contributed by atoms with Crippen molar-refractivity contribution in [3.8, 4) is 0 Å². The third-order valence-electron chi connectivity index (χ3n) is 3.06. The van der Waals surface area contributed by atoms with Crippen LogP contribution in [0.25, 0.3) is 0 Å². The average molecular weight is 257 g/mol. The molecule has 0 radical (unpaired) electrons. The zero-order valence-electron chi connectivity index (χ0n) is 10.0. The molecule has 98 valence electrons. The Morgan fingerprint density at radius 3 is 2.17 bits per heavy atom. The van der Waals surface area contributed by atoms with E-state index in [0.717, 1.165) is 38.3 Å². The summed E-state index contributed by atoms with van der Waals surface area (Å²) in [7, 11) is 0. The van der Waals surface area contributed by atoms with E-state index >= 15 is 0 Å². The lowest BCUT2D eigenvalue weighted by molar-refractivity contribution is -0.138. The largest absolute Gasteiger partial charge is 0.419 e. The lowest BCUT2D eigenvalue weighted by Crippen LogP contribution is -2.32. The number of hydrogen-bond acceptors (Lipinski definition) is 3. The van der Waals surface area contributed by atoms with Crippen molar-refractivity contribution in [1.29, 1.82) is 0 Å². The molecule has 1 aromatic rings. The van der Waals surface area contributed by atoms with Crippen LogP contribution in [0.5, 0.6) is 0 Å². The number of allylic oxidation sites excluding steroid dienone is 1. The first-order valence-electron chi connectivity index (χ1n) is 5.79. The molecule has 1 aliphatic heterocycles. The number of aromatic nitrogens is 2. The Balaban J connectivity index is 2.07. The van der Waals surface area contributed by atoms with Crippen molar-refractivity contribution >= 4 is 5.95 Å². The van der Waals surface area contributed by atoms with Crippen LogP contribution in [0, 0.1) is 0 Å². The van der Waals surface area contributed by atoms with Gasteiger partial charge in [0.15, 0.2) is 0 Å². The fraction of sp³-hybridized carbons (Fsp3) is 0.500. The molecule has 1 aliphatic rings. The highest BCUT2D eigenvalue weighted by Crippen LogP contribution is 2.28. The summed E-state index contributed by atoms with van der Waals surface area (Å²) < 4.78 is 37.1. The number of halogens is 3. The highest BCUT2D eigenvalue weighted by Gasteiger charge is 2.31. The second-order valence-corrected chi connectivity index (χ2v) is 4.20. The zero-order valence-corrected chi connectivity index (χ0v) is 10.0. The molecule has 0 saturated carbocycles. The van der Waals surface area contributed by atoms with Gasteiger partial charge in [0, 0.05) is 25.5 Å². The molecule has 1 fully saturated rings. The van der Waals surface area contributed by atoms with E-state index in [1.54, 1.807) is 0 Å². The standard InChI is InChI=1S/C12H14F3N3/c1-2-9-3-5-18(6-4-9)11-16-7-10(8-17-11)12(13,14)15/h2,7-8H,3-6H2,1H3. The number of rotatable bonds is 1. The topological polar surface area (TPSA) is 29.0 Å². The van der Waals surface area contributed by atoms with Crippen LogP contribution in [-0.2, 0) is 6.18 Å². The lowest BCUT2D eigenvalue weighted by atomic mass is 10.0. The molecule has 0 amide bonds. The molecule has 0 aromatic carbocycles. The quantitative estimate of drug-likeness (QED) is 0.724. The van der Waals surface area contributed by atoms with E-state index in [2.05, 4.69) is 16.0 Å². The van der Waals surface area contributed by atoms with Crippen LogP contribution in [0.2, 0.25) is 0 Å². The maximum Gasteiger partial charge on any atom is 0.419 e. The lowest BCUT2D eigenvalue weighted by Gasteiger charge is -2.28. The maximum absolute atomic E-state index is 12.4. The van der Waals surface area contributed by atoms with Crippen molar-refractivity contribution in [2.75, 3.05) is 18.0 Å². The van der Waals surface area contributed by atoms with Gasteiger partial charge in [0.2, 0.25) is 5.95 Å².